The first-order chi connectivity index (χ1) is 11.3. The molecule has 3 nitrogen and oxygen atoms in total. The Bertz CT molecular complexity index is 668. The van der Waals surface area contributed by atoms with Crippen LogP contribution in [0.3, 0.4) is 0 Å². The smallest absolute Gasteiger partial charge is 0.167 e. The number of carbonyl (C=O) groups is 1. The van der Waals surface area contributed by atoms with E-state index in [1.807, 2.05) is 13.8 Å². The van der Waals surface area contributed by atoms with Crippen molar-refractivity contribution in [3.8, 4) is 0 Å². The van der Waals surface area contributed by atoms with E-state index in [1.54, 1.807) is 7.11 Å². The highest BCUT2D eigenvalue weighted by molar-refractivity contribution is 6.23. The third kappa shape index (κ3) is 3.02. The first kappa shape index (κ1) is 17.2. The van der Waals surface area contributed by atoms with Crippen molar-refractivity contribution in [3.05, 3.63) is 40.1 Å². The summed E-state index contributed by atoms with van der Waals surface area (Å²) in [5.74, 6) is 0.391. The summed E-state index contributed by atoms with van der Waals surface area (Å²) >= 11 is 0. The first-order valence-corrected chi connectivity index (χ1v) is 8.91. The van der Waals surface area contributed by atoms with Crippen molar-refractivity contribution >= 4 is 11.4 Å². The van der Waals surface area contributed by atoms with Crippen LogP contribution in [0.1, 0.15) is 60.8 Å². The van der Waals surface area contributed by atoms with E-state index in [0.29, 0.717) is 24.5 Å². The number of aryl methyl sites for hydroxylation is 3. The Labute approximate surface area is 144 Å². The number of Topliss-reactive ketones (excluding diaryl/α,β-unsaturated/α-hetero) is 1. The molecule has 1 spiro atoms. The van der Waals surface area contributed by atoms with E-state index in [4.69, 9.17) is 4.74 Å². The van der Waals surface area contributed by atoms with Crippen molar-refractivity contribution in [2.24, 2.45) is 5.41 Å². The van der Waals surface area contributed by atoms with Gasteiger partial charge in [-0.05, 0) is 68.6 Å². The highest BCUT2D eigenvalue weighted by atomic mass is 16.5. The lowest BCUT2D eigenvalue weighted by atomic mass is 9.63. The Morgan fingerprint density at radius 2 is 1.67 bits per heavy atom. The van der Waals surface area contributed by atoms with Crippen LogP contribution in [0.15, 0.2) is 17.9 Å². The van der Waals surface area contributed by atoms with E-state index in [1.165, 1.54) is 5.56 Å². The second kappa shape index (κ2) is 6.36. The van der Waals surface area contributed by atoms with Crippen molar-refractivity contribution in [3.63, 3.8) is 0 Å². The highest BCUT2D eigenvalue weighted by Gasteiger charge is 2.43. The quantitative estimate of drug-likeness (QED) is 0.846. The SMILES string of the molecule is COC1CCC2(CC1)CC(=O)C(c1c(C)cc(C)cc1C)=C(O)C2. The fourth-order valence-electron chi connectivity index (χ4n) is 4.75. The fourth-order valence-corrected chi connectivity index (χ4v) is 4.75. The number of ketones is 1. The molecule has 1 fully saturated rings. The number of hydrogen-bond donors (Lipinski definition) is 1. The molecule has 1 aromatic carbocycles. The van der Waals surface area contributed by atoms with Crippen LogP contribution in [0.5, 0.6) is 0 Å². The molecule has 0 aliphatic heterocycles. The van der Waals surface area contributed by atoms with E-state index in [2.05, 4.69) is 19.1 Å². The standard InChI is InChI=1S/C21H28O3/c1-13-9-14(2)19(15(3)10-13)20-17(22)11-21(12-18(20)23)7-5-16(24-4)6-8-21/h9-10,16,22H,5-8,11-12H2,1-4H3. The number of allylic oxidation sites excluding steroid dienone is 2. The number of aliphatic hydroxyl groups excluding tert-OH is 1. The van der Waals surface area contributed by atoms with Crippen LogP contribution < -0.4 is 0 Å². The average Bonchev–Trinajstić information content (AvgIpc) is 2.50. The van der Waals surface area contributed by atoms with Gasteiger partial charge in [0.1, 0.15) is 5.76 Å². The van der Waals surface area contributed by atoms with Gasteiger partial charge in [-0.3, -0.25) is 4.79 Å². The van der Waals surface area contributed by atoms with Crippen LogP contribution in [0.25, 0.3) is 5.57 Å². The van der Waals surface area contributed by atoms with Crippen LogP contribution in [0.2, 0.25) is 0 Å². The Kier molecular flexibility index (Phi) is 4.56. The van der Waals surface area contributed by atoms with Crippen LogP contribution in [-0.2, 0) is 9.53 Å². The van der Waals surface area contributed by atoms with Crippen molar-refractivity contribution in [1.29, 1.82) is 0 Å². The molecule has 0 saturated heterocycles. The van der Waals surface area contributed by atoms with Crippen molar-refractivity contribution < 1.29 is 14.6 Å². The number of aliphatic hydroxyl groups is 1. The summed E-state index contributed by atoms with van der Waals surface area (Å²) in [6.45, 7) is 6.11. The maximum Gasteiger partial charge on any atom is 0.167 e. The van der Waals surface area contributed by atoms with Gasteiger partial charge in [0.05, 0.1) is 11.7 Å². The third-order valence-electron chi connectivity index (χ3n) is 5.90. The summed E-state index contributed by atoms with van der Waals surface area (Å²) in [5, 5.41) is 10.8. The Hall–Kier alpha value is -1.61. The number of benzene rings is 1. The van der Waals surface area contributed by atoms with Crippen molar-refractivity contribution in [1.82, 2.24) is 0 Å². The molecule has 3 heteroatoms. The minimum Gasteiger partial charge on any atom is -0.512 e. The number of hydrogen-bond acceptors (Lipinski definition) is 3. The van der Waals surface area contributed by atoms with E-state index >= 15 is 0 Å². The van der Waals surface area contributed by atoms with E-state index in [9.17, 15) is 9.90 Å². The average molecular weight is 328 g/mol. The maximum absolute atomic E-state index is 13.0. The predicted octanol–water partition coefficient (Wildman–Crippen LogP) is 4.82. The second-order valence-corrected chi connectivity index (χ2v) is 7.81. The minimum absolute atomic E-state index is 0.0633. The summed E-state index contributed by atoms with van der Waals surface area (Å²) < 4.78 is 5.45. The minimum atomic E-state index is -0.0633. The molecule has 0 amide bonds. The van der Waals surface area contributed by atoms with Gasteiger partial charge in [-0.2, -0.15) is 0 Å². The van der Waals surface area contributed by atoms with Gasteiger partial charge in [0.25, 0.3) is 0 Å². The van der Waals surface area contributed by atoms with Crippen LogP contribution in [0.4, 0.5) is 0 Å². The van der Waals surface area contributed by atoms with Crippen molar-refractivity contribution in [2.45, 2.75) is 65.4 Å². The molecule has 1 saturated carbocycles. The van der Waals surface area contributed by atoms with Gasteiger partial charge in [0.2, 0.25) is 0 Å². The Morgan fingerprint density at radius 3 is 2.17 bits per heavy atom. The topological polar surface area (TPSA) is 46.5 Å². The summed E-state index contributed by atoms with van der Waals surface area (Å²) in [6.07, 6.45) is 5.36. The van der Waals surface area contributed by atoms with E-state index in [0.717, 1.165) is 42.4 Å². The molecule has 2 aliphatic rings. The molecular formula is C21H28O3. The molecule has 1 N–H and O–H groups in total. The number of rotatable bonds is 2. The molecule has 2 aliphatic carbocycles. The normalized spacial score (nSPS) is 27.8. The molecule has 24 heavy (non-hydrogen) atoms. The lowest BCUT2D eigenvalue weighted by molar-refractivity contribution is -0.118. The molecule has 0 heterocycles. The zero-order valence-corrected chi connectivity index (χ0v) is 15.2. The molecule has 1 aromatic rings. The molecule has 0 aromatic heterocycles. The highest BCUT2D eigenvalue weighted by Crippen LogP contribution is 2.50. The second-order valence-electron chi connectivity index (χ2n) is 7.81. The zero-order valence-electron chi connectivity index (χ0n) is 15.2. The molecule has 0 bridgehead atoms. The summed E-state index contributed by atoms with van der Waals surface area (Å²) in [6, 6.07) is 4.17. The van der Waals surface area contributed by atoms with E-state index < -0.39 is 0 Å². The van der Waals surface area contributed by atoms with Gasteiger partial charge in [-0.1, -0.05) is 17.7 Å². The molecular weight excluding hydrogens is 300 g/mol. The first-order valence-electron chi connectivity index (χ1n) is 8.91. The Balaban J connectivity index is 1.95. The zero-order chi connectivity index (χ0) is 17.5. The van der Waals surface area contributed by atoms with Gasteiger partial charge in [-0.25, -0.2) is 0 Å². The van der Waals surface area contributed by atoms with Gasteiger partial charge in [0.15, 0.2) is 5.78 Å². The van der Waals surface area contributed by atoms with Gasteiger partial charge in [0, 0.05) is 20.0 Å². The largest absolute Gasteiger partial charge is 0.512 e. The number of methoxy groups -OCH3 is 1. The molecule has 0 unspecified atom stereocenters. The molecule has 0 atom stereocenters. The van der Waals surface area contributed by atoms with E-state index in [-0.39, 0.29) is 17.0 Å². The maximum atomic E-state index is 13.0. The van der Waals surface area contributed by atoms with Crippen LogP contribution in [-0.4, -0.2) is 24.1 Å². The third-order valence-corrected chi connectivity index (χ3v) is 5.90. The number of carbonyl (C=O) groups excluding carboxylic acids is 1. The summed E-state index contributed by atoms with van der Waals surface area (Å²) in [4.78, 5) is 13.0. The van der Waals surface area contributed by atoms with Gasteiger partial charge < -0.3 is 9.84 Å². The molecule has 3 rings (SSSR count). The monoisotopic (exact) mass is 328 g/mol. The number of ether oxygens (including phenoxy) is 1. The van der Waals surface area contributed by atoms with Gasteiger partial charge in [-0.15, -0.1) is 0 Å². The summed E-state index contributed by atoms with van der Waals surface area (Å²) in [5.41, 5.74) is 4.76. The predicted molar refractivity (Wildman–Crippen MR) is 96.1 cm³/mol. The van der Waals surface area contributed by atoms with Gasteiger partial charge >= 0.3 is 0 Å². The lowest BCUT2D eigenvalue weighted by Crippen LogP contribution is -2.36. The van der Waals surface area contributed by atoms with Crippen LogP contribution in [0, 0.1) is 26.2 Å². The lowest BCUT2D eigenvalue weighted by Gasteiger charge is -2.42. The van der Waals surface area contributed by atoms with Crippen molar-refractivity contribution in [2.75, 3.05) is 7.11 Å². The Morgan fingerprint density at radius 1 is 1.08 bits per heavy atom. The fraction of sp³-hybridized carbons (Fsp3) is 0.571. The van der Waals surface area contributed by atoms with Crippen LogP contribution >= 0.6 is 0 Å². The molecule has 0 radical (unpaired) electrons. The molecule has 130 valence electrons. The summed E-state index contributed by atoms with van der Waals surface area (Å²) in [7, 11) is 1.76.